The van der Waals surface area contributed by atoms with E-state index in [0.717, 1.165) is 0 Å². The first-order valence-corrected chi connectivity index (χ1v) is 10.9. The van der Waals surface area contributed by atoms with Gasteiger partial charge in [0.2, 0.25) is 0 Å². The van der Waals surface area contributed by atoms with Crippen LogP contribution in [0.3, 0.4) is 0 Å². The van der Waals surface area contributed by atoms with Gasteiger partial charge in [-0.2, -0.15) is 0 Å². The topological polar surface area (TPSA) is 0 Å². The summed E-state index contributed by atoms with van der Waals surface area (Å²) in [5.41, 5.74) is 1.55. The second-order valence-corrected chi connectivity index (χ2v) is 9.72. The van der Waals surface area contributed by atoms with Crippen molar-refractivity contribution in [2.45, 2.75) is 52.9 Å². The van der Waals surface area contributed by atoms with Crippen LogP contribution in [0.2, 0.25) is 0 Å². The zero-order valence-electron chi connectivity index (χ0n) is 14.1. The van der Waals surface area contributed by atoms with Crippen LogP contribution < -0.4 is 0 Å². The Morgan fingerprint density at radius 2 is 1.48 bits per heavy atom. The van der Waals surface area contributed by atoms with Gasteiger partial charge >= 0.3 is 0 Å². The second-order valence-electron chi connectivity index (χ2n) is 6.10. The maximum atomic E-state index is 2.40. The minimum atomic E-state index is 1.23. The molecule has 0 aliphatic heterocycles. The van der Waals surface area contributed by atoms with Crippen LogP contribution in [0.1, 0.15) is 47.9 Å². The largest absolute Gasteiger partial charge is 0.140 e. The molecule has 0 amide bonds. The lowest BCUT2D eigenvalue weighted by molar-refractivity contribution is 0.668. The third kappa shape index (κ3) is 4.14. The van der Waals surface area contributed by atoms with Gasteiger partial charge < -0.3 is 0 Å². The van der Waals surface area contributed by atoms with E-state index in [0.29, 0.717) is 0 Å². The molecule has 0 saturated heterocycles. The lowest BCUT2D eigenvalue weighted by atomic mass is 10.1. The fraction of sp³-hybridized carbons (Fsp3) is 0.400. The van der Waals surface area contributed by atoms with Crippen molar-refractivity contribution in [1.82, 2.24) is 0 Å². The summed E-state index contributed by atoms with van der Waals surface area (Å²) in [5.74, 6) is 0. The lowest BCUT2D eigenvalue weighted by Gasteiger charge is -2.02. The van der Waals surface area contributed by atoms with Gasteiger partial charge in [-0.1, -0.05) is 26.2 Å². The molecule has 0 aliphatic carbocycles. The third-order valence-corrected chi connectivity index (χ3v) is 7.60. The Hall–Kier alpha value is -0.900. The van der Waals surface area contributed by atoms with Crippen molar-refractivity contribution in [2.75, 3.05) is 0 Å². The lowest BCUT2D eigenvalue weighted by Crippen LogP contribution is -1.85. The molecule has 122 valence electrons. The predicted molar refractivity (Wildman–Crippen MR) is 108 cm³/mol. The zero-order valence-corrected chi connectivity index (χ0v) is 16.6. The molecule has 0 spiro atoms. The molecule has 3 aromatic rings. The highest BCUT2D eigenvalue weighted by Crippen LogP contribution is 2.42. The van der Waals surface area contributed by atoms with Gasteiger partial charge in [-0.25, -0.2) is 0 Å². The van der Waals surface area contributed by atoms with Crippen LogP contribution in [0.5, 0.6) is 0 Å². The molecule has 0 atom stereocenters. The Bertz CT molecular complexity index is 758. The second kappa shape index (κ2) is 7.78. The highest BCUT2D eigenvalue weighted by atomic mass is 32.1. The molecule has 0 aromatic carbocycles. The minimum Gasteiger partial charge on any atom is -0.140 e. The number of aryl methyl sites for hydroxylation is 3. The quantitative estimate of drug-likeness (QED) is 0.375. The minimum absolute atomic E-state index is 1.23. The SMILES string of the molecule is CCCCCCc1cc(C)sc1-c1ccc(-c2ccc(C)s2)s1. The number of hydrogen-bond donors (Lipinski definition) is 0. The first-order valence-electron chi connectivity index (χ1n) is 8.43. The van der Waals surface area contributed by atoms with E-state index in [-0.39, 0.29) is 0 Å². The monoisotopic (exact) mass is 360 g/mol. The van der Waals surface area contributed by atoms with Crippen molar-refractivity contribution < 1.29 is 0 Å². The Labute approximate surface area is 151 Å². The van der Waals surface area contributed by atoms with E-state index in [1.54, 1.807) is 5.56 Å². The van der Waals surface area contributed by atoms with Crippen LogP contribution in [0, 0.1) is 13.8 Å². The molecule has 3 rings (SSSR count). The van der Waals surface area contributed by atoms with Crippen LogP contribution in [-0.2, 0) is 6.42 Å². The van der Waals surface area contributed by atoms with Crippen molar-refractivity contribution in [3.8, 4) is 19.5 Å². The standard InChI is InChI=1S/C20H24S3/c1-4-5-6-7-8-16-13-15(3)22-20(16)19-12-11-18(23-19)17-10-9-14(2)21-17/h9-13H,4-8H2,1-3H3. The summed E-state index contributed by atoms with van der Waals surface area (Å²) in [6.45, 7) is 6.69. The number of hydrogen-bond acceptors (Lipinski definition) is 3. The van der Waals surface area contributed by atoms with E-state index in [1.165, 1.54) is 61.4 Å². The summed E-state index contributed by atoms with van der Waals surface area (Å²) >= 11 is 5.80. The average Bonchev–Trinajstić information content (AvgIpc) is 3.23. The molecule has 0 nitrogen and oxygen atoms in total. The molecule has 3 heterocycles. The summed E-state index contributed by atoms with van der Waals surface area (Å²) in [6, 6.07) is 11.5. The predicted octanol–water partition coefficient (Wildman–Crippen LogP) is 7.94. The average molecular weight is 361 g/mol. The first-order chi connectivity index (χ1) is 11.2. The van der Waals surface area contributed by atoms with Gasteiger partial charge in [-0.15, -0.1) is 34.0 Å². The molecular formula is C20H24S3. The van der Waals surface area contributed by atoms with Crippen molar-refractivity contribution in [3.05, 3.63) is 45.6 Å². The Kier molecular flexibility index (Phi) is 5.73. The van der Waals surface area contributed by atoms with Gasteiger partial charge in [0.05, 0.1) is 0 Å². The molecule has 0 saturated carbocycles. The molecule has 0 aliphatic rings. The van der Waals surface area contributed by atoms with Crippen molar-refractivity contribution >= 4 is 34.0 Å². The number of rotatable bonds is 7. The van der Waals surface area contributed by atoms with Gasteiger partial charge in [0.15, 0.2) is 0 Å². The Morgan fingerprint density at radius 1 is 0.739 bits per heavy atom. The first kappa shape index (κ1) is 16.9. The van der Waals surface area contributed by atoms with Crippen molar-refractivity contribution in [2.24, 2.45) is 0 Å². The summed E-state index contributed by atoms with van der Waals surface area (Å²) in [7, 11) is 0. The van der Waals surface area contributed by atoms with E-state index in [9.17, 15) is 0 Å². The molecule has 0 unspecified atom stereocenters. The summed E-state index contributed by atoms with van der Waals surface area (Å²) < 4.78 is 0. The van der Waals surface area contributed by atoms with E-state index in [4.69, 9.17) is 0 Å². The maximum Gasteiger partial charge on any atom is 0.0477 e. The fourth-order valence-electron chi connectivity index (χ4n) is 2.86. The molecule has 23 heavy (non-hydrogen) atoms. The Balaban J connectivity index is 1.80. The molecule has 0 fully saturated rings. The normalized spacial score (nSPS) is 11.3. The van der Waals surface area contributed by atoms with Gasteiger partial charge in [0, 0.05) is 29.3 Å². The van der Waals surface area contributed by atoms with Crippen LogP contribution in [0.25, 0.3) is 19.5 Å². The fourth-order valence-corrected chi connectivity index (χ4v) is 6.04. The van der Waals surface area contributed by atoms with Crippen molar-refractivity contribution in [3.63, 3.8) is 0 Å². The third-order valence-electron chi connectivity index (χ3n) is 4.04. The van der Waals surface area contributed by atoms with Crippen LogP contribution >= 0.6 is 34.0 Å². The summed E-state index contributed by atoms with van der Waals surface area (Å²) in [6.07, 6.45) is 6.57. The van der Waals surface area contributed by atoms with Crippen molar-refractivity contribution in [1.29, 1.82) is 0 Å². The smallest absolute Gasteiger partial charge is 0.0477 e. The highest BCUT2D eigenvalue weighted by molar-refractivity contribution is 7.26. The van der Waals surface area contributed by atoms with Gasteiger partial charge in [-0.05, 0) is 62.6 Å². The van der Waals surface area contributed by atoms with E-state index in [1.807, 2.05) is 34.0 Å². The molecule has 0 radical (unpaired) electrons. The van der Waals surface area contributed by atoms with Crippen LogP contribution in [0.15, 0.2) is 30.3 Å². The van der Waals surface area contributed by atoms with Crippen LogP contribution in [0.4, 0.5) is 0 Å². The Morgan fingerprint density at radius 3 is 2.22 bits per heavy atom. The van der Waals surface area contributed by atoms with Gasteiger partial charge in [0.1, 0.15) is 0 Å². The van der Waals surface area contributed by atoms with Crippen LogP contribution in [-0.4, -0.2) is 0 Å². The highest BCUT2D eigenvalue weighted by Gasteiger charge is 2.13. The summed E-state index contributed by atoms with van der Waals surface area (Å²) in [5, 5.41) is 0. The molecule has 3 heteroatoms. The molecule has 0 bridgehead atoms. The zero-order chi connectivity index (χ0) is 16.2. The van der Waals surface area contributed by atoms with E-state index >= 15 is 0 Å². The molecule has 3 aromatic heterocycles. The van der Waals surface area contributed by atoms with Gasteiger partial charge in [-0.3, -0.25) is 0 Å². The van der Waals surface area contributed by atoms with E-state index in [2.05, 4.69) is 51.1 Å². The maximum absolute atomic E-state index is 2.40. The molecule has 0 N–H and O–H groups in total. The summed E-state index contributed by atoms with van der Waals surface area (Å²) in [4.78, 5) is 8.57. The van der Waals surface area contributed by atoms with Gasteiger partial charge in [0.25, 0.3) is 0 Å². The molecular weight excluding hydrogens is 336 g/mol. The van der Waals surface area contributed by atoms with E-state index < -0.39 is 0 Å². The number of unbranched alkanes of at least 4 members (excludes halogenated alkanes) is 3. The number of thiophene rings is 3.